The van der Waals surface area contributed by atoms with Gasteiger partial charge in [0.05, 0.1) is 7.11 Å². The predicted molar refractivity (Wildman–Crippen MR) is 127 cm³/mol. The largest absolute Gasteiger partial charge is 0.481 e. The molecule has 0 fully saturated rings. The van der Waals surface area contributed by atoms with Crippen LogP contribution in [0.25, 0.3) is 11.1 Å². The molecule has 0 spiro atoms. The summed E-state index contributed by atoms with van der Waals surface area (Å²) in [5.74, 6) is -1.81. The molecule has 35 heavy (non-hydrogen) atoms. The van der Waals surface area contributed by atoms with Crippen LogP contribution in [0.4, 0.5) is 9.59 Å². The van der Waals surface area contributed by atoms with Crippen LogP contribution in [0.1, 0.15) is 29.9 Å². The molecular weight excluding hydrogens is 454 g/mol. The summed E-state index contributed by atoms with van der Waals surface area (Å²) < 4.78 is 10.1. The summed E-state index contributed by atoms with van der Waals surface area (Å²) in [5, 5.41) is 14.1. The number of aliphatic carboxylic acids is 1. The molecule has 0 saturated carbocycles. The van der Waals surface area contributed by atoms with Gasteiger partial charge in [0.25, 0.3) is 0 Å². The van der Waals surface area contributed by atoms with Gasteiger partial charge in [-0.05, 0) is 28.7 Å². The van der Waals surface area contributed by atoms with Gasteiger partial charge in [0.1, 0.15) is 12.6 Å². The van der Waals surface area contributed by atoms with Crippen molar-refractivity contribution in [2.45, 2.75) is 24.8 Å². The highest BCUT2D eigenvalue weighted by atomic mass is 16.5. The fourth-order valence-corrected chi connectivity index (χ4v) is 4.04. The molecule has 3 N–H and O–H groups in total. The number of carboxylic acids is 1. The molecule has 0 saturated heterocycles. The summed E-state index contributed by atoms with van der Waals surface area (Å²) in [6.45, 7) is 0.340. The summed E-state index contributed by atoms with van der Waals surface area (Å²) in [4.78, 5) is 48.9. The summed E-state index contributed by atoms with van der Waals surface area (Å²) in [5.41, 5.74) is 4.29. The first-order valence-electron chi connectivity index (χ1n) is 11.2. The number of methoxy groups -OCH3 is 1. The zero-order chi connectivity index (χ0) is 25.4. The van der Waals surface area contributed by atoms with Gasteiger partial charge >= 0.3 is 18.2 Å². The van der Waals surface area contributed by atoms with Gasteiger partial charge < -0.3 is 30.1 Å². The van der Waals surface area contributed by atoms with E-state index in [1.807, 2.05) is 48.5 Å². The highest BCUT2D eigenvalue weighted by Gasteiger charge is 2.30. The standard InChI is InChI=1S/C25H29N3O7/c1-28(25(33)34-2)14-13-26-23(31)21(11-12-22(29)30)27-24(32)35-15-20-18-9-5-3-7-16(18)17-8-4-6-10-19(17)20/h3-10,20-21H,11-15H2,1-2H3,(H,26,31)(H,27,32)(H,29,30). The zero-order valence-corrected chi connectivity index (χ0v) is 19.7. The number of hydrogen-bond acceptors (Lipinski definition) is 6. The lowest BCUT2D eigenvalue weighted by Crippen LogP contribution is -2.48. The third-order valence-corrected chi connectivity index (χ3v) is 5.83. The van der Waals surface area contributed by atoms with Gasteiger partial charge in [-0.3, -0.25) is 9.59 Å². The van der Waals surface area contributed by atoms with Crippen molar-refractivity contribution < 1.29 is 33.8 Å². The second-order valence-electron chi connectivity index (χ2n) is 8.14. The molecule has 0 radical (unpaired) electrons. The Labute approximate surface area is 203 Å². The number of amides is 3. The monoisotopic (exact) mass is 483 g/mol. The molecule has 10 nitrogen and oxygen atoms in total. The number of ether oxygens (including phenoxy) is 2. The average molecular weight is 484 g/mol. The number of carboxylic acid groups (broad SMARTS) is 1. The Morgan fingerprint density at radius 3 is 2.20 bits per heavy atom. The smallest absolute Gasteiger partial charge is 0.409 e. The van der Waals surface area contributed by atoms with Crippen LogP contribution in [-0.2, 0) is 19.1 Å². The second kappa shape index (κ2) is 11.9. The van der Waals surface area contributed by atoms with Crippen molar-refractivity contribution in [1.29, 1.82) is 0 Å². The topological polar surface area (TPSA) is 134 Å². The van der Waals surface area contributed by atoms with Gasteiger partial charge in [0.2, 0.25) is 5.91 Å². The molecular formula is C25H29N3O7. The van der Waals surface area contributed by atoms with Crippen molar-refractivity contribution in [3.05, 3.63) is 59.7 Å². The van der Waals surface area contributed by atoms with E-state index in [4.69, 9.17) is 9.84 Å². The van der Waals surface area contributed by atoms with E-state index in [1.54, 1.807) is 0 Å². The summed E-state index contributed by atoms with van der Waals surface area (Å²) in [6.07, 6.45) is -1.80. The molecule has 1 aliphatic carbocycles. The number of benzene rings is 2. The number of rotatable bonds is 10. The fourth-order valence-electron chi connectivity index (χ4n) is 4.04. The van der Waals surface area contributed by atoms with Gasteiger partial charge in [-0.2, -0.15) is 0 Å². The van der Waals surface area contributed by atoms with Crippen molar-refractivity contribution in [2.24, 2.45) is 0 Å². The third-order valence-electron chi connectivity index (χ3n) is 5.83. The molecule has 1 unspecified atom stereocenters. The van der Waals surface area contributed by atoms with E-state index >= 15 is 0 Å². The van der Waals surface area contributed by atoms with E-state index in [-0.39, 0.29) is 38.5 Å². The number of likely N-dealkylation sites (N-methyl/N-ethyl adjacent to an activating group) is 1. The quantitative estimate of drug-likeness (QED) is 0.473. The minimum Gasteiger partial charge on any atom is -0.481 e. The Kier molecular flexibility index (Phi) is 8.66. The molecule has 3 rings (SSSR count). The number of nitrogens with one attached hydrogen (secondary N) is 2. The van der Waals surface area contributed by atoms with Gasteiger partial charge in [-0.15, -0.1) is 0 Å². The SMILES string of the molecule is COC(=O)N(C)CCNC(=O)C(CCC(=O)O)NC(=O)OCC1c2ccccc2-c2ccccc21. The Bertz CT molecular complexity index is 1040. The zero-order valence-electron chi connectivity index (χ0n) is 19.7. The average Bonchev–Trinajstić information content (AvgIpc) is 3.18. The van der Waals surface area contributed by atoms with Crippen molar-refractivity contribution in [3.63, 3.8) is 0 Å². The molecule has 0 aliphatic heterocycles. The maximum Gasteiger partial charge on any atom is 0.409 e. The number of alkyl carbamates (subject to hydrolysis) is 1. The Morgan fingerprint density at radius 1 is 1.03 bits per heavy atom. The van der Waals surface area contributed by atoms with Crippen molar-refractivity contribution in [3.8, 4) is 11.1 Å². The third kappa shape index (κ3) is 6.50. The van der Waals surface area contributed by atoms with E-state index in [1.165, 1.54) is 19.1 Å². The Morgan fingerprint density at radius 2 is 1.63 bits per heavy atom. The number of carbonyl (C=O) groups is 4. The van der Waals surface area contributed by atoms with Gasteiger partial charge in [-0.1, -0.05) is 48.5 Å². The lowest BCUT2D eigenvalue weighted by molar-refractivity contribution is -0.137. The van der Waals surface area contributed by atoms with E-state index in [0.717, 1.165) is 22.3 Å². The lowest BCUT2D eigenvalue weighted by Gasteiger charge is -2.20. The highest BCUT2D eigenvalue weighted by molar-refractivity contribution is 5.86. The maximum atomic E-state index is 12.6. The van der Waals surface area contributed by atoms with Crippen LogP contribution in [0, 0.1) is 0 Å². The first-order chi connectivity index (χ1) is 16.8. The molecule has 2 aromatic rings. The van der Waals surface area contributed by atoms with Crippen LogP contribution >= 0.6 is 0 Å². The molecule has 3 amide bonds. The first kappa shape index (κ1) is 25.5. The van der Waals surface area contributed by atoms with Crippen LogP contribution in [0.2, 0.25) is 0 Å². The summed E-state index contributed by atoms with van der Waals surface area (Å²) in [7, 11) is 2.76. The molecule has 1 aliphatic rings. The summed E-state index contributed by atoms with van der Waals surface area (Å²) in [6, 6.07) is 14.7. The number of fused-ring (bicyclic) bond motifs is 3. The fraction of sp³-hybridized carbons (Fsp3) is 0.360. The van der Waals surface area contributed by atoms with Crippen LogP contribution < -0.4 is 10.6 Å². The van der Waals surface area contributed by atoms with Crippen molar-refractivity contribution >= 4 is 24.1 Å². The molecule has 10 heteroatoms. The molecule has 2 aromatic carbocycles. The van der Waals surface area contributed by atoms with Gasteiger partial charge in [0, 0.05) is 32.5 Å². The number of hydrogen-bond donors (Lipinski definition) is 3. The van der Waals surface area contributed by atoms with E-state index in [2.05, 4.69) is 15.4 Å². The van der Waals surface area contributed by atoms with Gasteiger partial charge in [-0.25, -0.2) is 9.59 Å². The Balaban J connectivity index is 1.59. The van der Waals surface area contributed by atoms with Gasteiger partial charge in [0.15, 0.2) is 0 Å². The molecule has 0 bridgehead atoms. The van der Waals surface area contributed by atoms with E-state index in [0.29, 0.717) is 0 Å². The predicted octanol–water partition coefficient (Wildman–Crippen LogP) is 2.57. The van der Waals surface area contributed by atoms with Crippen molar-refractivity contribution in [2.75, 3.05) is 33.9 Å². The normalized spacial score (nSPS) is 12.6. The number of carbonyl (C=O) groups excluding carboxylic acids is 3. The van der Waals surface area contributed by atoms with Crippen LogP contribution in [0.15, 0.2) is 48.5 Å². The van der Waals surface area contributed by atoms with Crippen LogP contribution in [-0.4, -0.2) is 74.0 Å². The highest BCUT2D eigenvalue weighted by Crippen LogP contribution is 2.44. The molecule has 186 valence electrons. The first-order valence-corrected chi connectivity index (χ1v) is 11.2. The number of nitrogens with zero attached hydrogens (tertiary/aromatic N) is 1. The Hall–Kier alpha value is -4.08. The van der Waals surface area contributed by atoms with Crippen molar-refractivity contribution in [1.82, 2.24) is 15.5 Å². The van der Waals surface area contributed by atoms with E-state index < -0.39 is 30.1 Å². The van der Waals surface area contributed by atoms with Crippen LogP contribution in [0.5, 0.6) is 0 Å². The van der Waals surface area contributed by atoms with E-state index in [9.17, 15) is 19.2 Å². The van der Waals surface area contributed by atoms with Crippen LogP contribution in [0.3, 0.4) is 0 Å². The minimum absolute atomic E-state index is 0.0665. The summed E-state index contributed by atoms with van der Waals surface area (Å²) >= 11 is 0. The minimum atomic E-state index is -1.11. The maximum absolute atomic E-state index is 12.6. The lowest BCUT2D eigenvalue weighted by atomic mass is 9.98. The molecule has 0 heterocycles. The molecule has 0 aromatic heterocycles. The second-order valence-corrected chi connectivity index (χ2v) is 8.14. The molecule has 1 atom stereocenters.